The highest BCUT2D eigenvalue weighted by Gasteiger charge is 2.40. The number of nitrogens with one attached hydrogen (secondary N) is 1. The zero-order valence-electron chi connectivity index (χ0n) is 8.63. The Morgan fingerprint density at radius 1 is 1.50 bits per heavy atom. The minimum Gasteiger partial charge on any atom is -0.386 e. The summed E-state index contributed by atoms with van der Waals surface area (Å²) in [6.45, 7) is 6.22. The maximum absolute atomic E-state index is 11.8. The maximum atomic E-state index is 11.8. The van der Waals surface area contributed by atoms with Crippen LogP contribution in [0.2, 0.25) is 0 Å². The fraction of sp³-hybridized carbons (Fsp3) is 0.700. The molecular formula is C10H16N2O2. The first-order chi connectivity index (χ1) is 6.49. The summed E-state index contributed by atoms with van der Waals surface area (Å²) in [5, 5.41) is 12.6. The molecule has 2 fully saturated rings. The average Bonchev–Trinajstić information content (AvgIpc) is 1.95. The predicted octanol–water partition coefficient (Wildman–Crippen LogP) is -0.501. The Bertz CT molecular complexity index is 293. The fourth-order valence-corrected chi connectivity index (χ4v) is 1.82. The highest BCUT2D eigenvalue weighted by atomic mass is 16.3. The molecule has 78 valence electrons. The molecule has 0 unspecified atom stereocenters. The van der Waals surface area contributed by atoms with Crippen molar-refractivity contribution in [3.05, 3.63) is 11.1 Å². The molecule has 2 rings (SSSR count). The number of amides is 1. The number of rotatable bonds is 1. The summed E-state index contributed by atoms with van der Waals surface area (Å²) in [7, 11) is 0. The number of β-amino-alcohol motifs (C(OH)–C–C–N with tert-alkyl or cyclic N) is 1. The molecule has 1 amide bonds. The summed E-state index contributed by atoms with van der Waals surface area (Å²) >= 11 is 0. The topological polar surface area (TPSA) is 52.6 Å². The molecule has 0 aromatic rings. The van der Waals surface area contributed by atoms with E-state index < -0.39 is 5.60 Å². The van der Waals surface area contributed by atoms with E-state index in [1.54, 1.807) is 11.8 Å². The molecule has 0 saturated carbocycles. The molecule has 0 spiro atoms. The van der Waals surface area contributed by atoms with E-state index in [-0.39, 0.29) is 5.91 Å². The molecule has 0 aliphatic carbocycles. The Balaban J connectivity index is 1.97. The van der Waals surface area contributed by atoms with Gasteiger partial charge in [0.05, 0.1) is 18.7 Å². The highest BCUT2D eigenvalue weighted by Crippen LogP contribution is 2.23. The minimum absolute atomic E-state index is 0.0769. The SMILES string of the molecule is CC(C(=O)N1CC(C)(O)C1)=C1CNC1. The lowest BCUT2D eigenvalue weighted by molar-refractivity contribution is -0.148. The highest BCUT2D eigenvalue weighted by molar-refractivity contribution is 5.94. The van der Waals surface area contributed by atoms with Gasteiger partial charge in [-0.3, -0.25) is 4.79 Å². The second-order valence-corrected chi connectivity index (χ2v) is 4.49. The third-order valence-electron chi connectivity index (χ3n) is 2.88. The van der Waals surface area contributed by atoms with Crippen molar-refractivity contribution in [3.63, 3.8) is 0 Å². The number of carbonyl (C=O) groups excluding carboxylic acids is 1. The molecule has 4 heteroatoms. The number of aliphatic hydroxyl groups is 1. The van der Waals surface area contributed by atoms with Gasteiger partial charge in [0.1, 0.15) is 0 Å². The van der Waals surface area contributed by atoms with Crippen molar-refractivity contribution in [1.82, 2.24) is 10.2 Å². The smallest absolute Gasteiger partial charge is 0.249 e. The molecule has 0 aromatic heterocycles. The Morgan fingerprint density at radius 3 is 2.43 bits per heavy atom. The van der Waals surface area contributed by atoms with Crippen LogP contribution >= 0.6 is 0 Å². The summed E-state index contributed by atoms with van der Waals surface area (Å²) in [5.41, 5.74) is 1.37. The van der Waals surface area contributed by atoms with Crippen LogP contribution in [0, 0.1) is 0 Å². The van der Waals surface area contributed by atoms with Crippen molar-refractivity contribution in [2.45, 2.75) is 19.4 Å². The number of likely N-dealkylation sites (tertiary alicyclic amines) is 1. The van der Waals surface area contributed by atoms with Crippen molar-refractivity contribution in [2.75, 3.05) is 26.2 Å². The summed E-state index contributed by atoms with van der Waals surface area (Å²) in [5.74, 6) is 0.0769. The van der Waals surface area contributed by atoms with Gasteiger partial charge in [-0.2, -0.15) is 0 Å². The van der Waals surface area contributed by atoms with Crippen LogP contribution in [0.1, 0.15) is 13.8 Å². The zero-order valence-corrected chi connectivity index (χ0v) is 8.63. The molecule has 0 bridgehead atoms. The zero-order chi connectivity index (χ0) is 10.3. The van der Waals surface area contributed by atoms with Gasteiger partial charge >= 0.3 is 0 Å². The minimum atomic E-state index is -0.668. The van der Waals surface area contributed by atoms with E-state index in [9.17, 15) is 9.90 Å². The molecule has 2 aliphatic heterocycles. The molecule has 0 radical (unpaired) electrons. The van der Waals surface area contributed by atoms with Crippen molar-refractivity contribution in [2.24, 2.45) is 0 Å². The lowest BCUT2D eigenvalue weighted by atomic mass is 9.94. The van der Waals surface area contributed by atoms with Gasteiger partial charge in [0, 0.05) is 18.7 Å². The van der Waals surface area contributed by atoms with E-state index in [1.165, 1.54) is 5.57 Å². The Labute approximate surface area is 83.6 Å². The standard InChI is InChI=1S/C10H16N2O2/c1-7(8-3-11-4-8)9(13)12-5-10(2,14)6-12/h11,14H,3-6H2,1-2H3. The number of carbonyl (C=O) groups is 1. The lowest BCUT2D eigenvalue weighted by Gasteiger charge is -2.44. The van der Waals surface area contributed by atoms with Crippen LogP contribution < -0.4 is 5.32 Å². The second kappa shape index (κ2) is 3.07. The third-order valence-corrected chi connectivity index (χ3v) is 2.88. The second-order valence-electron chi connectivity index (χ2n) is 4.49. The maximum Gasteiger partial charge on any atom is 0.249 e. The molecule has 2 aliphatic rings. The fourth-order valence-electron chi connectivity index (χ4n) is 1.82. The van der Waals surface area contributed by atoms with Crippen molar-refractivity contribution >= 4 is 5.91 Å². The monoisotopic (exact) mass is 196 g/mol. The van der Waals surface area contributed by atoms with Crippen molar-refractivity contribution in [3.8, 4) is 0 Å². The van der Waals surface area contributed by atoms with Crippen molar-refractivity contribution < 1.29 is 9.90 Å². The van der Waals surface area contributed by atoms with Crippen LogP contribution in [0.15, 0.2) is 11.1 Å². The molecule has 4 nitrogen and oxygen atoms in total. The molecular weight excluding hydrogens is 180 g/mol. The van der Waals surface area contributed by atoms with Gasteiger partial charge in [-0.15, -0.1) is 0 Å². The van der Waals surface area contributed by atoms with Gasteiger partial charge in [-0.05, 0) is 19.4 Å². The van der Waals surface area contributed by atoms with Gasteiger partial charge in [0.25, 0.3) is 0 Å². The Kier molecular flexibility index (Phi) is 2.12. The lowest BCUT2D eigenvalue weighted by Crippen LogP contribution is -2.62. The van der Waals surface area contributed by atoms with Crippen LogP contribution in [0.5, 0.6) is 0 Å². The van der Waals surface area contributed by atoms with E-state index in [0.717, 1.165) is 18.7 Å². The quantitative estimate of drug-likeness (QED) is 0.556. The van der Waals surface area contributed by atoms with Crippen LogP contribution in [0.25, 0.3) is 0 Å². The van der Waals surface area contributed by atoms with Crippen LogP contribution in [0.3, 0.4) is 0 Å². The summed E-state index contributed by atoms with van der Waals surface area (Å²) in [4.78, 5) is 13.5. The van der Waals surface area contributed by atoms with Crippen LogP contribution in [0.4, 0.5) is 0 Å². The van der Waals surface area contributed by atoms with Crippen LogP contribution in [-0.2, 0) is 4.79 Å². The van der Waals surface area contributed by atoms with E-state index in [4.69, 9.17) is 0 Å². The summed E-state index contributed by atoms with van der Waals surface area (Å²) < 4.78 is 0. The average molecular weight is 196 g/mol. The Hall–Kier alpha value is -0.870. The van der Waals surface area contributed by atoms with Gasteiger partial charge in [0.2, 0.25) is 5.91 Å². The summed E-state index contributed by atoms with van der Waals surface area (Å²) in [6, 6.07) is 0. The summed E-state index contributed by atoms with van der Waals surface area (Å²) in [6.07, 6.45) is 0. The molecule has 0 aromatic carbocycles. The van der Waals surface area contributed by atoms with E-state index in [0.29, 0.717) is 13.1 Å². The van der Waals surface area contributed by atoms with Gasteiger partial charge in [-0.25, -0.2) is 0 Å². The van der Waals surface area contributed by atoms with Crippen molar-refractivity contribution in [1.29, 1.82) is 0 Å². The van der Waals surface area contributed by atoms with E-state index in [2.05, 4.69) is 5.32 Å². The Morgan fingerprint density at radius 2 is 2.07 bits per heavy atom. The number of hydrogen-bond acceptors (Lipinski definition) is 3. The molecule has 14 heavy (non-hydrogen) atoms. The first-order valence-electron chi connectivity index (χ1n) is 4.91. The third kappa shape index (κ3) is 1.55. The molecule has 2 heterocycles. The van der Waals surface area contributed by atoms with Gasteiger partial charge in [-0.1, -0.05) is 0 Å². The first kappa shape index (κ1) is 9.68. The molecule has 0 atom stereocenters. The predicted molar refractivity (Wildman–Crippen MR) is 52.8 cm³/mol. The van der Waals surface area contributed by atoms with Crippen LogP contribution in [-0.4, -0.2) is 47.7 Å². The first-order valence-corrected chi connectivity index (χ1v) is 4.91. The van der Waals surface area contributed by atoms with E-state index in [1.807, 2.05) is 6.92 Å². The molecule has 2 N–H and O–H groups in total. The largest absolute Gasteiger partial charge is 0.386 e. The normalized spacial score (nSPS) is 23.9. The van der Waals surface area contributed by atoms with E-state index >= 15 is 0 Å². The number of nitrogens with zero attached hydrogens (tertiary/aromatic N) is 1. The number of hydrogen-bond donors (Lipinski definition) is 2. The van der Waals surface area contributed by atoms with Gasteiger partial charge < -0.3 is 15.3 Å². The van der Waals surface area contributed by atoms with Gasteiger partial charge in [0.15, 0.2) is 0 Å². The molecule has 2 saturated heterocycles.